The Balaban J connectivity index is 1.49. The molecule has 2 saturated carbocycles. The van der Waals surface area contributed by atoms with Crippen LogP contribution in [0.1, 0.15) is 56.9 Å². The summed E-state index contributed by atoms with van der Waals surface area (Å²) in [5.74, 6) is 1.58. The highest BCUT2D eigenvalue weighted by atomic mass is 35.5. The van der Waals surface area contributed by atoms with Crippen LogP contribution in [0.3, 0.4) is 0 Å². The minimum atomic E-state index is 0.668. The summed E-state index contributed by atoms with van der Waals surface area (Å²) >= 11 is 6.27. The van der Waals surface area contributed by atoms with Gasteiger partial charge >= 0.3 is 0 Å². The third-order valence-corrected chi connectivity index (χ3v) is 5.43. The molecule has 2 heteroatoms. The Bertz CT molecular complexity index is 419. The smallest absolute Gasteiger partial charge is 0.0440 e. The van der Waals surface area contributed by atoms with Crippen molar-refractivity contribution in [2.24, 2.45) is 5.92 Å². The second-order valence-corrected chi connectivity index (χ2v) is 6.79. The number of benzene rings is 1. The lowest BCUT2D eigenvalue weighted by atomic mass is 9.75. The summed E-state index contributed by atoms with van der Waals surface area (Å²) in [5.41, 5.74) is 1.34. The van der Waals surface area contributed by atoms with Crippen LogP contribution in [0.15, 0.2) is 24.3 Å². The van der Waals surface area contributed by atoms with Gasteiger partial charge in [-0.05, 0) is 56.1 Å². The maximum Gasteiger partial charge on any atom is 0.0440 e. The van der Waals surface area contributed by atoms with Gasteiger partial charge in [0, 0.05) is 17.1 Å². The zero-order valence-electron chi connectivity index (χ0n) is 11.7. The van der Waals surface area contributed by atoms with Gasteiger partial charge in [0.05, 0.1) is 0 Å². The van der Waals surface area contributed by atoms with Gasteiger partial charge in [0.1, 0.15) is 0 Å². The van der Waals surface area contributed by atoms with Crippen LogP contribution in [0.4, 0.5) is 0 Å². The van der Waals surface area contributed by atoms with Crippen LogP contribution < -0.4 is 5.32 Å². The topological polar surface area (TPSA) is 12.0 Å². The van der Waals surface area contributed by atoms with Crippen molar-refractivity contribution in [3.05, 3.63) is 34.9 Å². The second-order valence-electron chi connectivity index (χ2n) is 6.39. The normalized spacial score (nSPS) is 29.2. The van der Waals surface area contributed by atoms with E-state index in [0.717, 1.165) is 10.9 Å². The summed E-state index contributed by atoms with van der Waals surface area (Å²) < 4.78 is 0. The lowest BCUT2D eigenvalue weighted by Crippen LogP contribution is -2.46. The molecule has 0 aromatic heterocycles. The quantitative estimate of drug-likeness (QED) is 0.837. The van der Waals surface area contributed by atoms with Crippen molar-refractivity contribution in [3.8, 4) is 0 Å². The van der Waals surface area contributed by atoms with Crippen molar-refractivity contribution in [1.82, 2.24) is 5.32 Å². The summed E-state index contributed by atoms with van der Waals surface area (Å²) in [7, 11) is 0. The van der Waals surface area contributed by atoms with Crippen molar-refractivity contribution in [2.75, 3.05) is 0 Å². The van der Waals surface area contributed by atoms with E-state index in [9.17, 15) is 0 Å². The molecule has 0 saturated heterocycles. The molecule has 2 fully saturated rings. The molecule has 1 aromatic carbocycles. The van der Waals surface area contributed by atoms with Gasteiger partial charge in [-0.2, -0.15) is 0 Å². The van der Waals surface area contributed by atoms with Gasteiger partial charge in [-0.3, -0.25) is 0 Å². The van der Waals surface area contributed by atoms with E-state index in [1.165, 1.54) is 44.1 Å². The van der Waals surface area contributed by atoms with E-state index in [0.29, 0.717) is 18.0 Å². The Morgan fingerprint density at radius 1 is 1.16 bits per heavy atom. The fourth-order valence-electron chi connectivity index (χ4n) is 3.78. The summed E-state index contributed by atoms with van der Waals surface area (Å²) in [6.45, 7) is 2.37. The Kier molecular flexibility index (Phi) is 4.14. The number of halogens is 1. The Labute approximate surface area is 121 Å². The number of nitrogens with one attached hydrogen (secondary N) is 1. The highest BCUT2D eigenvalue weighted by molar-refractivity contribution is 6.31. The zero-order valence-corrected chi connectivity index (χ0v) is 12.5. The van der Waals surface area contributed by atoms with Crippen LogP contribution in [-0.4, -0.2) is 12.1 Å². The highest BCUT2D eigenvalue weighted by Gasteiger charge is 2.33. The minimum absolute atomic E-state index is 0.668. The predicted octanol–water partition coefficient (Wildman–Crippen LogP) is 4.75. The molecule has 104 valence electrons. The molecular formula is C17H24ClN. The van der Waals surface area contributed by atoms with E-state index in [1.54, 1.807) is 0 Å². The third kappa shape index (κ3) is 2.98. The molecule has 1 N–H and O–H groups in total. The van der Waals surface area contributed by atoms with Gasteiger partial charge in [-0.25, -0.2) is 0 Å². The molecule has 0 heterocycles. The van der Waals surface area contributed by atoms with Crippen molar-refractivity contribution >= 4 is 11.6 Å². The summed E-state index contributed by atoms with van der Waals surface area (Å²) in [6, 6.07) is 9.71. The van der Waals surface area contributed by atoms with Gasteiger partial charge in [0.15, 0.2) is 0 Å². The molecule has 1 nitrogen and oxygen atoms in total. The molecular weight excluding hydrogens is 254 g/mol. The number of rotatable bonds is 4. The van der Waals surface area contributed by atoms with Crippen molar-refractivity contribution in [3.63, 3.8) is 0 Å². The maximum absolute atomic E-state index is 6.27. The highest BCUT2D eigenvalue weighted by Crippen LogP contribution is 2.40. The van der Waals surface area contributed by atoms with Crippen LogP contribution in [0.2, 0.25) is 5.02 Å². The molecule has 0 amide bonds. The number of hydrogen-bond acceptors (Lipinski definition) is 1. The first-order valence-corrected chi connectivity index (χ1v) is 8.12. The molecule has 0 spiro atoms. The zero-order chi connectivity index (χ0) is 13.2. The first kappa shape index (κ1) is 13.5. The average molecular weight is 278 g/mol. The largest absolute Gasteiger partial charge is 0.311 e. The Hall–Kier alpha value is -0.530. The molecule has 1 atom stereocenters. The van der Waals surface area contributed by atoms with Crippen LogP contribution >= 0.6 is 11.6 Å². The fraction of sp³-hybridized carbons (Fsp3) is 0.647. The molecule has 1 aromatic rings. The van der Waals surface area contributed by atoms with Gasteiger partial charge in [0.2, 0.25) is 0 Å². The molecule has 0 aliphatic heterocycles. The van der Waals surface area contributed by atoms with Crippen LogP contribution in [0.25, 0.3) is 0 Å². The first-order valence-electron chi connectivity index (χ1n) is 7.74. The van der Waals surface area contributed by atoms with Crippen LogP contribution in [0, 0.1) is 5.92 Å². The monoisotopic (exact) mass is 277 g/mol. The van der Waals surface area contributed by atoms with E-state index in [4.69, 9.17) is 11.6 Å². The van der Waals surface area contributed by atoms with Crippen LogP contribution in [-0.2, 0) is 0 Å². The molecule has 0 unspecified atom stereocenters. The lowest BCUT2D eigenvalue weighted by molar-refractivity contribution is 0.239. The van der Waals surface area contributed by atoms with E-state index >= 15 is 0 Å². The van der Waals surface area contributed by atoms with E-state index in [1.807, 2.05) is 12.1 Å². The molecule has 3 rings (SSSR count). The maximum atomic E-state index is 6.27. The van der Waals surface area contributed by atoms with Crippen molar-refractivity contribution in [1.29, 1.82) is 0 Å². The molecule has 2 aliphatic carbocycles. The Morgan fingerprint density at radius 2 is 1.84 bits per heavy atom. The average Bonchev–Trinajstić information content (AvgIpc) is 2.88. The summed E-state index contributed by atoms with van der Waals surface area (Å²) in [5, 5.41) is 4.77. The molecule has 0 bridgehead atoms. The first-order chi connectivity index (χ1) is 9.24. The SMILES string of the molecule is C[C@@H](NC1CC(c2ccccc2Cl)C1)C1CCCC1. The van der Waals surface area contributed by atoms with Gasteiger partial charge in [-0.15, -0.1) is 0 Å². The molecule has 0 radical (unpaired) electrons. The molecule has 19 heavy (non-hydrogen) atoms. The lowest BCUT2D eigenvalue weighted by Gasteiger charge is -2.39. The van der Waals surface area contributed by atoms with Gasteiger partial charge < -0.3 is 5.32 Å². The van der Waals surface area contributed by atoms with Gasteiger partial charge in [-0.1, -0.05) is 42.6 Å². The van der Waals surface area contributed by atoms with Crippen molar-refractivity contribution in [2.45, 2.75) is 63.5 Å². The molecule has 2 aliphatic rings. The summed E-state index contributed by atoms with van der Waals surface area (Å²) in [6.07, 6.45) is 8.22. The number of hydrogen-bond donors (Lipinski definition) is 1. The van der Waals surface area contributed by atoms with Crippen LogP contribution in [0.5, 0.6) is 0 Å². The second kappa shape index (κ2) is 5.85. The van der Waals surface area contributed by atoms with Gasteiger partial charge in [0.25, 0.3) is 0 Å². The summed E-state index contributed by atoms with van der Waals surface area (Å²) in [4.78, 5) is 0. The van der Waals surface area contributed by atoms with E-state index in [2.05, 4.69) is 24.4 Å². The predicted molar refractivity (Wildman–Crippen MR) is 81.8 cm³/mol. The minimum Gasteiger partial charge on any atom is -0.311 e. The van der Waals surface area contributed by atoms with E-state index in [-0.39, 0.29) is 0 Å². The standard InChI is InChI=1S/C17H24ClN/c1-12(13-6-2-3-7-13)19-15-10-14(11-15)16-8-4-5-9-17(16)18/h4-5,8-9,12-15,19H,2-3,6-7,10-11H2,1H3/t12-,14?,15?/m1/s1. The third-order valence-electron chi connectivity index (χ3n) is 5.09. The van der Waals surface area contributed by atoms with Crippen molar-refractivity contribution < 1.29 is 0 Å². The fourth-order valence-corrected chi connectivity index (χ4v) is 4.07. The van der Waals surface area contributed by atoms with E-state index < -0.39 is 0 Å². The Morgan fingerprint density at radius 3 is 2.53 bits per heavy atom.